The third-order valence-electron chi connectivity index (χ3n) is 4.74. The molecule has 25 heavy (non-hydrogen) atoms. The van der Waals surface area contributed by atoms with Crippen molar-refractivity contribution in [1.29, 1.82) is 0 Å². The predicted molar refractivity (Wildman–Crippen MR) is 102 cm³/mol. The highest BCUT2D eigenvalue weighted by Crippen LogP contribution is 2.34. The average molecular weight is 332 g/mol. The largest absolute Gasteiger partial charge is 0.496 e. The zero-order valence-corrected chi connectivity index (χ0v) is 14.5. The lowest BCUT2D eigenvalue weighted by Crippen LogP contribution is -2.48. The van der Waals surface area contributed by atoms with E-state index in [0.29, 0.717) is 0 Å². The molecule has 0 amide bonds. The van der Waals surface area contributed by atoms with Crippen LogP contribution in [0, 0.1) is 0 Å². The van der Waals surface area contributed by atoms with Crippen LogP contribution in [0.15, 0.2) is 84.9 Å². The molecule has 3 heteroatoms. The van der Waals surface area contributed by atoms with E-state index in [0.717, 1.165) is 29.7 Å². The number of nitrogens with two attached hydrogens (primary N) is 1. The van der Waals surface area contributed by atoms with E-state index >= 15 is 0 Å². The van der Waals surface area contributed by atoms with Crippen LogP contribution in [-0.4, -0.2) is 7.11 Å². The van der Waals surface area contributed by atoms with Crippen LogP contribution in [0.4, 0.5) is 0 Å². The maximum absolute atomic E-state index is 6.13. The Morgan fingerprint density at radius 2 is 1.32 bits per heavy atom. The second-order valence-electron chi connectivity index (χ2n) is 6.09. The van der Waals surface area contributed by atoms with Gasteiger partial charge in [-0.2, -0.15) is 0 Å². The molecule has 0 radical (unpaired) electrons. The quantitative estimate of drug-likeness (QED) is 0.507. The zero-order chi connectivity index (χ0) is 17.5. The van der Waals surface area contributed by atoms with E-state index < -0.39 is 5.54 Å². The van der Waals surface area contributed by atoms with Crippen LogP contribution < -0.4 is 16.0 Å². The molecule has 0 unspecified atom stereocenters. The normalized spacial score (nSPS) is 11.3. The summed E-state index contributed by atoms with van der Waals surface area (Å²) in [6.07, 6.45) is 1.66. The minimum Gasteiger partial charge on any atom is -0.496 e. The van der Waals surface area contributed by atoms with Gasteiger partial charge >= 0.3 is 0 Å². The fourth-order valence-electron chi connectivity index (χ4n) is 3.37. The first-order chi connectivity index (χ1) is 12.3. The van der Waals surface area contributed by atoms with Gasteiger partial charge in [0.2, 0.25) is 0 Å². The van der Waals surface area contributed by atoms with Crippen molar-refractivity contribution < 1.29 is 4.74 Å². The molecule has 3 N–H and O–H groups in total. The molecule has 0 saturated heterocycles. The van der Waals surface area contributed by atoms with Crippen molar-refractivity contribution in [2.75, 3.05) is 7.11 Å². The summed E-state index contributed by atoms with van der Waals surface area (Å²) in [5, 5.41) is 0. The van der Waals surface area contributed by atoms with Crippen LogP contribution in [-0.2, 0) is 12.0 Å². The molecule has 0 atom stereocenters. The molecule has 0 spiro atoms. The fraction of sp³-hybridized carbons (Fsp3) is 0.182. The molecule has 3 aromatic carbocycles. The summed E-state index contributed by atoms with van der Waals surface area (Å²) in [6, 6.07) is 28.9. The van der Waals surface area contributed by atoms with Gasteiger partial charge in [0.25, 0.3) is 0 Å². The van der Waals surface area contributed by atoms with Crippen LogP contribution in [0.1, 0.15) is 23.1 Å². The van der Waals surface area contributed by atoms with Crippen molar-refractivity contribution in [3.05, 3.63) is 102 Å². The summed E-state index contributed by atoms with van der Waals surface area (Å²) in [4.78, 5) is 0. The van der Waals surface area contributed by atoms with Crippen LogP contribution in [0.2, 0.25) is 0 Å². The monoisotopic (exact) mass is 332 g/mol. The molecule has 0 heterocycles. The van der Waals surface area contributed by atoms with Gasteiger partial charge in [0.15, 0.2) is 0 Å². The van der Waals surface area contributed by atoms with E-state index in [-0.39, 0.29) is 0 Å². The predicted octanol–water partition coefficient (Wildman–Crippen LogP) is 4.03. The van der Waals surface area contributed by atoms with Gasteiger partial charge in [-0.15, -0.1) is 0 Å². The van der Waals surface area contributed by atoms with Crippen LogP contribution >= 0.6 is 0 Å². The number of methoxy groups -OCH3 is 1. The lowest BCUT2D eigenvalue weighted by atomic mass is 9.79. The molecule has 0 bridgehead atoms. The Labute approximate surface area is 149 Å². The third-order valence-corrected chi connectivity index (χ3v) is 4.74. The molecule has 0 aliphatic heterocycles. The van der Waals surface area contributed by atoms with Crippen molar-refractivity contribution >= 4 is 0 Å². The standard InChI is InChI=1S/C22H24N2O/c1-25-21-15-9-8-10-18(21)16-17-22(24-23,19-11-4-2-5-12-19)20-13-6-3-7-14-20/h2-15,24H,16-17,23H2,1H3. The van der Waals surface area contributed by atoms with E-state index in [1.807, 2.05) is 54.6 Å². The highest BCUT2D eigenvalue weighted by molar-refractivity contribution is 5.40. The van der Waals surface area contributed by atoms with Gasteiger partial charge in [0, 0.05) is 0 Å². The number of ether oxygens (including phenoxy) is 1. The second kappa shape index (κ2) is 7.97. The van der Waals surface area contributed by atoms with Gasteiger partial charge in [0.1, 0.15) is 5.75 Å². The molecular formula is C22H24N2O. The van der Waals surface area contributed by atoms with Crippen molar-refractivity contribution in [2.24, 2.45) is 5.84 Å². The lowest BCUT2D eigenvalue weighted by molar-refractivity contribution is 0.372. The smallest absolute Gasteiger partial charge is 0.122 e. The molecule has 0 fully saturated rings. The Hall–Kier alpha value is -2.62. The molecule has 3 aromatic rings. The number of hydrogen-bond acceptors (Lipinski definition) is 3. The molecule has 0 aromatic heterocycles. The Morgan fingerprint density at radius 1 is 0.800 bits per heavy atom. The van der Waals surface area contributed by atoms with Crippen molar-refractivity contribution in [3.8, 4) is 5.75 Å². The topological polar surface area (TPSA) is 47.3 Å². The van der Waals surface area contributed by atoms with Gasteiger partial charge in [-0.25, -0.2) is 5.43 Å². The zero-order valence-electron chi connectivity index (χ0n) is 14.5. The van der Waals surface area contributed by atoms with E-state index in [1.54, 1.807) is 7.11 Å². The minimum absolute atomic E-state index is 0.455. The van der Waals surface area contributed by atoms with Crippen LogP contribution in [0.3, 0.4) is 0 Å². The van der Waals surface area contributed by atoms with E-state index in [1.165, 1.54) is 5.56 Å². The molecular weight excluding hydrogens is 308 g/mol. The van der Waals surface area contributed by atoms with Gasteiger partial charge < -0.3 is 4.74 Å². The summed E-state index contributed by atoms with van der Waals surface area (Å²) in [6.45, 7) is 0. The Balaban J connectivity index is 2.00. The number of hydrazine groups is 1. The number of nitrogens with one attached hydrogen (secondary N) is 1. The Kier molecular flexibility index (Phi) is 5.49. The first kappa shape index (κ1) is 17.2. The summed E-state index contributed by atoms with van der Waals surface area (Å²) < 4.78 is 5.50. The summed E-state index contributed by atoms with van der Waals surface area (Å²) in [7, 11) is 1.71. The lowest BCUT2D eigenvalue weighted by Gasteiger charge is -2.35. The Morgan fingerprint density at radius 3 is 1.84 bits per heavy atom. The number of rotatable bonds is 7. The summed E-state index contributed by atoms with van der Waals surface area (Å²) in [5.74, 6) is 7.04. The first-order valence-corrected chi connectivity index (χ1v) is 8.51. The minimum atomic E-state index is -0.455. The van der Waals surface area contributed by atoms with Gasteiger partial charge in [-0.05, 0) is 35.6 Å². The van der Waals surface area contributed by atoms with E-state index in [9.17, 15) is 0 Å². The SMILES string of the molecule is COc1ccccc1CCC(NN)(c1ccccc1)c1ccccc1. The number of para-hydroxylation sites is 1. The average Bonchev–Trinajstić information content (AvgIpc) is 2.71. The number of hydrogen-bond donors (Lipinski definition) is 2. The molecule has 128 valence electrons. The first-order valence-electron chi connectivity index (χ1n) is 8.51. The van der Waals surface area contributed by atoms with Crippen molar-refractivity contribution in [3.63, 3.8) is 0 Å². The number of benzene rings is 3. The van der Waals surface area contributed by atoms with Crippen molar-refractivity contribution in [2.45, 2.75) is 18.4 Å². The highest BCUT2D eigenvalue weighted by Gasteiger charge is 2.32. The van der Waals surface area contributed by atoms with Gasteiger partial charge in [-0.1, -0.05) is 78.9 Å². The number of aryl methyl sites for hydroxylation is 1. The fourth-order valence-corrected chi connectivity index (χ4v) is 3.37. The maximum Gasteiger partial charge on any atom is 0.122 e. The van der Waals surface area contributed by atoms with Gasteiger partial charge in [0.05, 0.1) is 12.6 Å². The van der Waals surface area contributed by atoms with Crippen molar-refractivity contribution in [1.82, 2.24) is 5.43 Å². The molecule has 3 rings (SSSR count). The maximum atomic E-state index is 6.13. The van der Waals surface area contributed by atoms with Gasteiger partial charge in [-0.3, -0.25) is 5.84 Å². The Bertz CT molecular complexity index is 748. The summed E-state index contributed by atoms with van der Waals surface area (Å²) >= 11 is 0. The molecule has 0 aliphatic rings. The van der Waals surface area contributed by atoms with Crippen LogP contribution in [0.5, 0.6) is 5.75 Å². The molecule has 3 nitrogen and oxygen atoms in total. The highest BCUT2D eigenvalue weighted by atomic mass is 16.5. The third kappa shape index (κ3) is 3.58. The molecule has 0 aliphatic carbocycles. The van der Waals surface area contributed by atoms with E-state index in [2.05, 4.69) is 35.8 Å². The van der Waals surface area contributed by atoms with Crippen LogP contribution in [0.25, 0.3) is 0 Å². The second-order valence-corrected chi connectivity index (χ2v) is 6.09. The van der Waals surface area contributed by atoms with E-state index in [4.69, 9.17) is 10.6 Å². The summed E-state index contributed by atoms with van der Waals surface area (Å²) in [5.41, 5.74) is 6.14. The molecule has 0 saturated carbocycles.